The zero-order valence-corrected chi connectivity index (χ0v) is 12.1. The second-order valence-corrected chi connectivity index (χ2v) is 5.96. The molecule has 1 saturated heterocycles. The zero-order chi connectivity index (χ0) is 13.3. The maximum absolute atomic E-state index is 6.21. The highest BCUT2D eigenvalue weighted by Crippen LogP contribution is 2.28. The van der Waals surface area contributed by atoms with E-state index >= 15 is 0 Å². The van der Waals surface area contributed by atoms with Gasteiger partial charge in [-0.15, -0.1) is 0 Å². The van der Waals surface area contributed by atoms with Crippen molar-refractivity contribution in [2.24, 2.45) is 11.7 Å². The van der Waals surface area contributed by atoms with Crippen molar-refractivity contribution < 1.29 is 0 Å². The van der Waals surface area contributed by atoms with E-state index in [-0.39, 0.29) is 0 Å². The molecule has 1 aliphatic heterocycles. The summed E-state index contributed by atoms with van der Waals surface area (Å²) in [5, 5.41) is 0. The van der Waals surface area contributed by atoms with E-state index in [9.17, 15) is 0 Å². The summed E-state index contributed by atoms with van der Waals surface area (Å²) in [5.41, 5.74) is 10.4. The molecule has 18 heavy (non-hydrogen) atoms. The van der Waals surface area contributed by atoms with E-state index < -0.39 is 0 Å². The first-order valence-corrected chi connectivity index (χ1v) is 7.06. The fraction of sp³-hybridized carbons (Fsp3) is 0.625. The summed E-state index contributed by atoms with van der Waals surface area (Å²) < 4.78 is 0. The standard InChI is InChI=1S/C16H26N2/c1-11-5-6-15(13(3)9-11)14(4)18-8-7-12(2)16(17)10-18/h5-6,9,12,14,16H,7-8,10,17H2,1-4H3. The molecule has 1 aromatic carbocycles. The highest BCUT2D eigenvalue weighted by Gasteiger charge is 2.27. The molecule has 0 amide bonds. The number of aryl methyl sites for hydroxylation is 2. The number of nitrogens with zero attached hydrogens (tertiary/aromatic N) is 1. The summed E-state index contributed by atoms with van der Waals surface area (Å²) in [7, 11) is 0. The number of likely N-dealkylation sites (tertiary alicyclic amines) is 1. The van der Waals surface area contributed by atoms with Crippen LogP contribution in [0.2, 0.25) is 0 Å². The van der Waals surface area contributed by atoms with Gasteiger partial charge in [0.2, 0.25) is 0 Å². The molecule has 3 unspecified atom stereocenters. The molecule has 1 heterocycles. The smallest absolute Gasteiger partial charge is 0.0323 e. The number of rotatable bonds is 2. The molecule has 1 aliphatic rings. The van der Waals surface area contributed by atoms with E-state index in [4.69, 9.17) is 5.73 Å². The van der Waals surface area contributed by atoms with Gasteiger partial charge in [-0.3, -0.25) is 4.90 Å². The Bertz CT molecular complexity index is 414. The van der Waals surface area contributed by atoms with Gasteiger partial charge >= 0.3 is 0 Å². The molecule has 1 aromatic rings. The molecule has 0 aliphatic carbocycles. The average Bonchev–Trinajstić information content (AvgIpc) is 2.32. The third-order valence-electron chi connectivity index (χ3n) is 4.47. The van der Waals surface area contributed by atoms with Crippen LogP contribution in [0.5, 0.6) is 0 Å². The minimum absolute atomic E-state index is 0.326. The van der Waals surface area contributed by atoms with Crippen molar-refractivity contribution in [1.29, 1.82) is 0 Å². The fourth-order valence-corrected chi connectivity index (χ4v) is 2.97. The van der Waals surface area contributed by atoms with E-state index in [0.717, 1.165) is 6.54 Å². The van der Waals surface area contributed by atoms with Gasteiger partial charge in [-0.25, -0.2) is 0 Å². The Hall–Kier alpha value is -0.860. The summed E-state index contributed by atoms with van der Waals surface area (Å²) in [6, 6.07) is 7.57. The highest BCUT2D eigenvalue weighted by molar-refractivity contribution is 5.32. The molecular weight excluding hydrogens is 220 g/mol. The Kier molecular flexibility index (Phi) is 4.08. The van der Waals surface area contributed by atoms with Crippen LogP contribution in [-0.2, 0) is 0 Å². The largest absolute Gasteiger partial charge is 0.326 e. The minimum Gasteiger partial charge on any atom is -0.326 e. The normalized spacial score (nSPS) is 27.2. The highest BCUT2D eigenvalue weighted by atomic mass is 15.2. The van der Waals surface area contributed by atoms with Crippen LogP contribution < -0.4 is 5.73 Å². The molecule has 2 heteroatoms. The summed E-state index contributed by atoms with van der Waals surface area (Å²) in [5.74, 6) is 0.660. The van der Waals surface area contributed by atoms with Crippen LogP contribution >= 0.6 is 0 Å². The number of nitrogens with two attached hydrogens (primary N) is 1. The van der Waals surface area contributed by atoms with Gasteiger partial charge in [0.15, 0.2) is 0 Å². The lowest BCUT2D eigenvalue weighted by Crippen LogP contribution is -2.48. The number of hydrogen-bond acceptors (Lipinski definition) is 2. The van der Waals surface area contributed by atoms with Crippen molar-refractivity contribution in [3.05, 3.63) is 34.9 Å². The van der Waals surface area contributed by atoms with Gasteiger partial charge < -0.3 is 5.73 Å². The lowest BCUT2D eigenvalue weighted by Gasteiger charge is -2.39. The van der Waals surface area contributed by atoms with Crippen molar-refractivity contribution in [2.75, 3.05) is 13.1 Å². The topological polar surface area (TPSA) is 29.3 Å². The van der Waals surface area contributed by atoms with Crippen molar-refractivity contribution in [3.8, 4) is 0 Å². The van der Waals surface area contributed by atoms with Crippen LogP contribution in [0.3, 0.4) is 0 Å². The van der Waals surface area contributed by atoms with Crippen LogP contribution in [0.25, 0.3) is 0 Å². The van der Waals surface area contributed by atoms with Crippen molar-refractivity contribution in [2.45, 2.75) is 46.2 Å². The van der Waals surface area contributed by atoms with E-state index in [0.29, 0.717) is 18.0 Å². The summed E-state index contributed by atoms with van der Waals surface area (Å²) in [6.07, 6.45) is 1.22. The predicted octanol–water partition coefficient (Wildman–Crippen LogP) is 3.03. The minimum atomic E-state index is 0.326. The summed E-state index contributed by atoms with van der Waals surface area (Å²) >= 11 is 0. The Morgan fingerprint density at radius 2 is 2.06 bits per heavy atom. The molecule has 0 spiro atoms. The predicted molar refractivity (Wildman–Crippen MR) is 77.7 cm³/mol. The molecule has 100 valence electrons. The maximum Gasteiger partial charge on any atom is 0.0323 e. The Morgan fingerprint density at radius 1 is 1.33 bits per heavy atom. The van der Waals surface area contributed by atoms with Crippen LogP contribution in [0, 0.1) is 19.8 Å². The van der Waals surface area contributed by atoms with E-state index in [1.165, 1.54) is 29.7 Å². The number of piperidine rings is 1. The first-order chi connectivity index (χ1) is 8.49. The lowest BCUT2D eigenvalue weighted by molar-refractivity contribution is 0.128. The molecule has 0 radical (unpaired) electrons. The fourth-order valence-electron chi connectivity index (χ4n) is 2.97. The van der Waals surface area contributed by atoms with Crippen LogP contribution in [0.1, 0.15) is 43.0 Å². The number of hydrogen-bond donors (Lipinski definition) is 1. The number of benzene rings is 1. The van der Waals surface area contributed by atoms with Gasteiger partial charge in [0.1, 0.15) is 0 Å². The monoisotopic (exact) mass is 246 g/mol. The van der Waals surface area contributed by atoms with E-state index in [1.807, 2.05) is 0 Å². The molecule has 2 rings (SSSR count). The van der Waals surface area contributed by atoms with Crippen molar-refractivity contribution in [3.63, 3.8) is 0 Å². The van der Waals surface area contributed by atoms with E-state index in [2.05, 4.69) is 50.8 Å². The third-order valence-corrected chi connectivity index (χ3v) is 4.47. The maximum atomic E-state index is 6.21. The molecule has 1 fully saturated rings. The van der Waals surface area contributed by atoms with Crippen LogP contribution in [0.15, 0.2) is 18.2 Å². The molecule has 0 bridgehead atoms. The van der Waals surface area contributed by atoms with Crippen molar-refractivity contribution >= 4 is 0 Å². The van der Waals surface area contributed by atoms with Gasteiger partial charge in [0, 0.05) is 18.6 Å². The SMILES string of the molecule is Cc1ccc(C(C)N2CCC(C)C(N)C2)c(C)c1. The molecule has 0 saturated carbocycles. The summed E-state index contributed by atoms with van der Waals surface area (Å²) in [6.45, 7) is 11.1. The van der Waals surface area contributed by atoms with Crippen molar-refractivity contribution in [1.82, 2.24) is 4.90 Å². The quantitative estimate of drug-likeness (QED) is 0.869. The Morgan fingerprint density at radius 3 is 2.67 bits per heavy atom. The first-order valence-electron chi connectivity index (χ1n) is 7.06. The van der Waals surface area contributed by atoms with Crippen LogP contribution in [-0.4, -0.2) is 24.0 Å². The zero-order valence-electron chi connectivity index (χ0n) is 12.1. The molecule has 2 N–H and O–H groups in total. The first kappa shape index (κ1) is 13.6. The molecule has 2 nitrogen and oxygen atoms in total. The molecule has 3 atom stereocenters. The summed E-state index contributed by atoms with van der Waals surface area (Å²) in [4.78, 5) is 2.53. The Balaban J connectivity index is 2.13. The van der Waals surface area contributed by atoms with Gasteiger partial charge in [0.25, 0.3) is 0 Å². The van der Waals surface area contributed by atoms with Gasteiger partial charge in [0.05, 0.1) is 0 Å². The second kappa shape index (κ2) is 5.41. The molecule has 0 aromatic heterocycles. The van der Waals surface area contributed by atoms with Gasteiger partial charge in [-0.2, -0.15) is 0 Å². The second-order valence-electron chi connectivity index (χ2n) is 5.96. The van der Waals surface area contributed by atoms with Gasteiger partial charge in [-0.05, 0) is 50.8 Å². The van der Waals surface area contributed by atoms with Crippen LogP contribution in [0.4, 0.5) is 0 Å². The lowest BCUT2D eigenvalue weighted by atomic mass is 9.91. The molecular formula is C16H26N2. The van der Waals surface area contributed by atoms with E-state index in [1.54, 1.807) is 0 Å². The average molecular weight is 246 g/mol. The van der Waals surface area contributed by atoms with Gasteiger partial charge in [-0.1, -0.05) is 30.7 Å². The third kappa shape index (κ3) is 2.76. The Labute approximate surface area is 111 Å².